The van der Waals surface area contributed by atoms with Gasteiger partial charge < -0.3 is 9.84 Å². The first-order chi connectivity index (χ1) is 7.04. The first kappa shape index (κ1) is 10.4. The third-order valence-corrected chi connectivity index (χ3v) is 2.89. The molecule has 82 valence electrons. The molecule has 0 aliphatic heterocycles. The van der Waals surface area contributed by atoms with E-state index < -0.39 is 5.60 Å². The molecular weight excluding hydrogens is 195 g/mol. The molecule has 2 rings (SSSR count). The Bertz CT molecular complexity index is 383. The molecule has 3 heteroatoms. The van der Waals surface area contributed by atoms with E-state index in [1.54, 1.807) is 26.2 Å². The van der Waals surface area contributed by atoms with Gasteiger partial charge in [0.1, 0.15) is 11.6 Å². The van der Waals surface area contributed by atoms with Gasteiger partial charge in [-0.05, 0) is 43.0 Å². The number of rotatable bonds is 3. The van der Waals surface area contributed by atoms with E-state index in [1.165, 1.54) is 0 Å². The SMILES string of the molecule is COc1cc(C)c(F)c(CC2(O)CC2)c1. The minimum absolute atomic E-state index is 0.226. The molecule has 1 aromatic carbocycles. The van der Waals surface area contributed by atoms with Gasteiger partial charge in [-0.1, -0.05) is 0 Å². The standard InChI is InChI=1S/C12H15FO2/c1-8-5-10(15-2)6-9(11(8)13)7-12(14)3-4-12/h5-6,14H,3-4,7H2,1-2H3. The Morgan fingerprint density at radius 2 is 2.13 bits per heavy atom. The topological polar surface area (TPSA) is 29.5 Å². The number of methoxy groups -OCH3 is 1. The average molecular weight is 210 g/mol. The third-order valence-electron chi connectivity index (χ3n) is 2.89. The highest BCUT2D eigenvalue weighted by atomic mass is 19.1. The molecule has 1 fully saturated rings. The van der Waals surface area contributed by atoms with E-state index >= 15 is 0 Å². The fraction of sp³-hybridized carbons (Fsp3) is 0.500. The summed E-state index contributed by atoms with van der Waals surface area (Å²) >= 11 is 0. The Morgan fingerprint density at radius 1 is 1.47 bits per heavy atom. The van der Waals surface area contributed by atoms with Gasteiger partial charge in [0, 0.05) is 6.42 Å². The lowest BCUT2D eigenvalue weighted by molar-refractivity contribution is 0.149. The lowest BCUT2D eigenvalue weighted by Gasteiger charge is -2.12. The summed E-state index contributed by atoms with van der Waals surface area (Å²) in [6.45, 7) is 1.71. The van der Waals surface area contributed by atoms with Gasteiger partial charge in [-0.3, -0.25) is 0 Å². The molecule has 0 radical (unpaired) electrons. The average Bonchev–Trinajstić information content (AvgIpc) is 2.91. The number of halogens is 1. The van der Waals surface area contributed by atoms with E-state index in [0.29, 0.717) is 23.3 Å². The number of hydrogen-bond acceptors (Lipinski definition) is 2. The molecule has 0 unspecified atom stereocenters. The predicted molar refractivity (Wildman–Crippen MR) is 55.6 cm³/mol. The lowest BCUT2D eigenvalue weighted by Crippen LogP contribution is -2.12. The van der Waals surface area contributed by atoms with Crippen LogP contribution >= 0.6 is 0 Å². The smallest absolute Gasteiger partial charge is 0.129 e. The van der Waals surface area contributed by atoms with E-state index in [4.69, 9.17) is 4.74 Å². The summed E-state index contributed by atoms with van der Waals surface area (Å²) in [6, 6.07) is 3.33. The second-order valence-electron chi connectivity index (χ2n) is 4.32. The maximum absolute atomic E-state index is 13.7. The maximum atomic E-state index is 13.7. The normalized spacial score (nSPS) is 17.6. The monoisotopic (exact) mass is 210 g/mol. The zero-order valence-corrected chi connectivity index (χ0v) is 9.01. The molecule has 15 heavy (non-hydrogen) atoms. The minimum atomic E-state index is -0.667. The van der Waals surface area contributed by atoms with Crippen molar-refractivity contribution in [3.63, 3.8) is 0 Å². The lowest BCUT2D eigenvalue weighted by atomic mass is 10.0. The summed E-state index contributed by atoms with van der Waals surface area (Å²) in [4.78, 5) is 0. The zero-order chi connectivity index (χ0) is 11.1. The van der Waals surface area contributed by atoms with Crippen molar-refractivity contribution in [2.75, 3.05) is 7.11 Å². The van der Waals surface area contributed by atoms with Crippen molar-refractivity contribution in [3.05, 3.63) is 29.1 Å². The highest BCUT2D eigenvalue weighted by Gasteiger charge is 2.40. The molecule has 2 nitrogen and oxygen atoms in total. The molecule has 0 saturated heterocycles. The second-order valence-corrected chi connectivity index (χ2v) is 4.32. The molecule has 0 bridgehead atoms. The van der Waals surface area contributed by atoms with Crippen LogP contribution in [0.5, 0.6) is 5.75 Å². The molecule has 1 N–H and O–H groups in total. The van der Waals surface area contributed by atoms with Gasteiger partial charge >= 0.3 is 0 Å². The third kappa shape index (κ3) is 2.12. The van der Waals surface area contributed by atoms with E-state index in [2.05, 4.69) is 0 Å². The second kappa shape index (κ2) is 3.49. The fourth-order valence-corrected chi connectivity index (χ4v) is 1.73. The zero-order valence-electron chi connectivity index (χ0n) is 9.01. The van der Waals surface area contributed by atoms with Gasteiger partial charge in [0.2, 0.25) is 0 Å². The van der Waals surface area contributed by atoms with Crippen LogP contribution in [0.15, 0.2) is 12.1 Å². The van der Waals surface area contributed by atoms with Crippen molar-refractivity contribution < 1.29 is 14.2 Å². The summed E-state index contributed by atoms with van der Waals surface area (Å²) in [7, 11) is 1.56. The van der Waals surface area contributed by atoms with Crippen LogP contribution in [0.2, 0.25) is 0 Å². The van der Waals surface area contributed by atoms with Gasteiger partial charge in [0.05, 0.1) is 12.7 Å². The van der Waals surface area contributed by atoms with Crippen molar-refractivity contribution in [3.8, 4) is 5.75 Å². The van der Waals surface area contributed by atoms with Crippen molar-refractivity contribution in [2.24, 2.45) is 0 Å². The summed E-state index contributed by atoms with van der Waals surface area (Å²) in [5, 5.41) is 9.75. The van der Waals surface area contributed by atoms with Crippen LogP contribution in [0.1, 0.15) is 24.0 Å². The van der Waals surface area contributed by atoms with Crippen LogP contribution in [0.3, 0.4) is 0 Å². The Hall–Kier alpha value is -1.09. The largest absolute Gasteiger partial charge is 0.497 e. The Kier molecular flexibility index (Phi) is 2.43. The molecule has 1 aliphatic carbocycles. The fourth-order valence-electron chi connectivity index (χ4n) is 1.73. The van der Waals surface area contributed by atoms with Gasteiger partial charge in [0.25, 0.3) is 0 Å². The number of aryl methyl sites for hydroxylation is 1. The van der Waals surface area contributed by atoms with Crippen molar-refractivity contribution >= 4 is 0 Å². The van der Waals surface area contributed by atoms with Crippen LogP contribution in [-0.4, -0.2) is 17.8 Å². The molecule has 1 aromatic rings. The van der Waals surface area contributed by atoms with Gasteiger partial charge in [0.15, 0.2) is 0 Å². The van der Waals surface area contributed by atoms with E-state index in [0.717, 1.165) is 12.8 Å². The number of ether oxygens (including phenoxy) is 1. The van der Waals surface area contributed by atoms with Crippen LogP contribution < -0.4 is 4.74 Å². The number of hydrogen-bond donors (Lipinski definition) is 1. The Morgan fingerprint density at radius 3 is 2.67 bits per heavy atom. The molecule has 0 atom stereocenters. The summed E-state index contributed by atoms with van der Waals surface area (Å²) in [6.07, 6.45) is 1.92. The minimum Gasteiger partial charge on any atom is -0.497 e. The number of aliphatic hydroxyl groups is 1. The first-order valence-electron chi connectivity index (χ1n) is 5.09. The van der Waals surface area contributed by atoms with Gasteiger partial charge in [-0.25, -0.2) is 4.39 Å². The quantitative estimate of drug-likeness (QED) is 0.828. The van der Waals surface area contributed by atoms with Crippen LogP contribution in [0.4, 0.5) is 4.39 Å². The first-order valence-corrected chi connectivity index (χ1v) is 5.09. The van der Waals surface area contributed by atoms with Crippen LogP contribution in [-0.2, 0) is 6.42 Å². The van der Waals surface area contributed by atoms with Crippen LogP contribution in [0, 0.1) is 12.7 Å². The maximum Gasteiger partial charge on any atom is 0.129 e. The molecular formula is C12H15FO2. The van der Waals surface area contributed by atoms with E-state index in [1.807, 2.05) is 0 Å². The van der Waals surface area contributed by atoms with E-state index in [-0.39, 0.29) is 5.82 Å². The van der Waals surface area contributed by atoms with Crippen molar-refractivity contribution in [1.82, 2.24) is 0 Å². The molecule has 0 aromatic heterocycles. The molecule has 0 heterocycles. The van der Waals surface area contributed by atoms with E-state index in [9.17, 15) is 9.50 Å². The van der Waals surface area contributed by atoms with Gasteiger partial charge in [-0.15, -0.1) is 0 Å². The summed E-state index contributed by atoms with van der Waals surface area (Å²) in [5.74, 6) is 0.421. The summed E-state index contributed by atoms with van der Waals surface area (Å²) < 4.78 is 18.8. The highest BCUT2D eigenvalue weighted by Crippen LogP contribution is 2.39. The molecule has 0 spiro atoms. The van der Waals surface area contributed by atoms with Crippen LogP contribution in [0.25, 0.3) is 0 Å². The molecule has 0 amide bonds. The Balaban J connectivity index is 2.31. The highest BCUT2D eigenvalue weighted by molar-refractivity contribution is 5.36. The number of benzene rings is 1. The Labute approximate surface area is 88.7 Å². The molecule has 1 aliphatic rings. The van der Waals surface area contributed by atoms with Crippen molar-refractivity contribution in [2.45, 2.75) is 31.8 Å². The molecule has 1 saturated carbocycles. The van der Waals surface area contributed by atoms with Crippen molar-refractivity contribution in [1.29, 1.82) is 0 Å². The van der Waals surface area contributed by atoms with Gasteiger partial charge in [-0.2, -0.15) is 0 Å². The predicted octanol–water partition coefficient (Wildman–Crippen LogP) is 2.21. The summed E-state index contributed by atoms with van der Waals surface area (Å²) in [5.41, 5.74) is 0.445.